The highest BCUT2D eigenvalue weighted by atomic mass is 19.1. The van der Waals surface area contributed by atoms with Crippen molar-refractivity contribution in [3.63, 3.8) is 0 Å². The number of fused-ring (bicyclic) bond motifs is 3. The summed E-state index contributed by atoms with van der Waals surface area (Å²) in [5.41, 5.74) is 2.44. The number of nitrogens with zero attached hydrogens (tertiary/aromatic N) is 6. The molecule has 5 fully saturated rings. The normalized spacial score (nSPS) is 30.8. The molecule has 1 aromatic carbocycles. The van der Waals surface area contributed by atoms with Crippen LogP contribution in [0.1, 0.15) is 82.3 Å². The van der Waals surface area contributed by atoms with E-state index in [1.807, 2.05) is 24.8 Å². The van der Waals surface area contributed by atoms with E-state index >= 15 is 4.39 Å². The van der Waals surface area contributed by atoms with Crippen LogP contribution in [-0.2, 0) is 9.47 Å². The zero-order chi connectivity index (χ0) is 36.5. The quantitative estimate of drug-likeness (QED) is 0.231. The number of methoxy groups -OCH3 is 1. The summed E-state index contributed by atoms with van der Waals surface area (Å²) in [5.74, 6) is 0.00826. The molecule has 3 aliphatic heterocycles. The number of aromatic amines is 1. The highest BCUT2D eigenvalue weighted by Gasteiger charge is 2.52. The first-order valence-corrected chi connectivity index (χ1v) is 19.6. The lowest BCUT2D eigenvalue weighted by Gasteiger charge is -2.53. The molecule has 0 amide bonds. The molecule has 284 valence electrons. The number of pyridine rings is 1. The molecule has 2 saturated carbocycles. The molecule has 53 heavy (non-hydrogen) atoms. The molecule has 1 spiro atoms. The standard InChI is InChI=1S/C40H52FN7O5/c1-24-19-28-27(20-42-46-28)30(25(24)2)33-32(41)34-31(36(43-33)50-4)35(47-16-18-51-22-38(3,49)21-47)45-37(44-34)52-23-39-10-5-7-29(39)48(15-6-11-39)26-8-12-40(13-9-26)14-17-53-40/h19-20,26,29,49H,5-18,21-23H2,1-4H3,(H,42,46). The van der Waals surface area contributed by atoms with Crippen molar-refractivity contribution < 1.29 is 28.4 Å². The number of likely N-dealkylation sites (tertiary alicyclic amines) is 1. The molecule has 13 heteroatoms. The highest BCUT2D eigenvalue weighted by Crippen LogP contribution is 2.51. The fraction of sp³-hybridized carbons (Fsp3) is 0.650. The number of benzene rings is 1. The monoisotopic (exact) mass is 729 g/mol. The molecule has 0 radical (unpaired) electrons. The zero-order valence-electron chi connectivity index (χ0n) is 31.5. The number of anilines is 1. The molecule has 3 unspecified atom stereocenters. The molecule has 3 saturated heterocycles. The molecule has 2 aliphatic carbocycles. The molecule has 9 rings (SSSR count). The molecule has 3 aromatic heterocycles. The van der Waals surface area contributed by atoms with Crippen molar-refractivity contribution in [2.75, 3.05) is 58.1 Å². The lowest BCUT2D eigenvalue weighted by Crippen LogP contribution is -2.58. The number of aryl methyl sites for hydroxylation is 1. The summed E-state index contributed by atoms with van der Waals surface area (Å²) in [6, 6.07) is 3.13. The van der Waals surface area contributed by atoms with Crippen LogP contribution < -0.4 is 14.4 Å². The van der Waals surface area contributed by atoms with Crippen LogP contribution in [0.5, 0.6) is 11.9 Å². The number of piperidine rings is 1. The Bertz CT molecular complexity index is 2020. The number of hydrogen-bond acceptors (Lipinski definition) is 11. The van der Waals surface area contributed by atoms with Gasteiger partial charge in [0.1, 0.15) is 28.0 Å². The van der Waals surface area contributed by atoms with Gasteiger partial charge in [0.2, 0.25) is 5.88 Å². The van der Waals surface area contributed by atoms with Crippen LogP contribution >= 0.6 is 0 Å². The average Bonchev–Trinajstić information content (AvgIpc) is 3.75. The van der Waals surface area contributed by atoms with Crippen molar-refractivity contribution in [3.05, 3.63) is 29.2 Å². The van der Waals surface area contributed by atoms with Crippen LogP contribution in [0, 0.1) is 25.1 Å². The smallest absolute Gasteiger partial charge is 0.319 e. The van der Waals surface area contributed by atoms with Crippen LogP contribution in [0.3, 0.4) is 0 Å². The first kappa shape index (κ1) is 35.1. The van der Waals surface area contributed by atoms with Crippen molar-refractivity contribution in [2.45, 2.75) is 108 Å². The molecule has 4 aromatic rings. The van der Waals surface area contributed by atoms with E-state index in [9.17, 15) is 5.11 Å². The molecular weight excluding hydrogens is 677 g/mol. The maximum Gasteiger partial charge on any atom is 0.319 e. The Morgan fingerprint density at radius 1 is 1.04 bits per heavy atom. The number of halogens is 1. The van der Waals surface area contributed by atoms with E-state index < -0.39 is 11.4 Å². The maximum atomic E-state index is 17.3. The molecule has 5 aliphatic rings. The van der Waals surface area contributed by atoms with Crippen molar-refractivity contribution in [3.8, 4) is 23.1 Å². The predicted octanol–water partition coefficient (Wildman–Crippen LogP) is 6.04. The number of nitrogens with one attached hydrogen (secondary N) is 1. The highest BCUT2D eigenvalue weighted by molar-refractivity contribution is 6.01. The lowest BCUT2D eigenvalue weighted by molar-refractivity contribution is -0.175. The Balaban J connectivity index is 1.11. The number of rotatable bonds is 7. The van der Waals surface area contributed by atoms with Crippen molar-refractivity contribution in [1.29, 1.82) is 0 Å². The van der Waals surface area contributed by atoms with Gasteiger partial charge in [-0.3, -0.25) is 10.00 Å². The molecule has 2 N–H and O–H groups in total. The summed E-state index contributed by atoms with van der Waals surface area (Å²) in [5, 5.41) is 19.6. The minimum atomic E-state index is -1.16. The first-order valence-electron chi connectivity index (χ1n) is 19.6. The zero-order valence-corrected chi connectivity index (χ0v) is 31.5. The second kappa shape index (κ2) is 13.3. The van der Waals surface area contributed by atoms with E-state index in [0.29, 0.717) is 48.6 Å². The predicted molar refractivity (Wildman–Crippen MR) is 199 cm³/mol. The van der Waals surface area contributed by atoms with Crippen molar-refractivity contribution in [2.24, 2.45) is 5.41 Å². The van der Waals surface area contributed by atoms with E-state index in [0.717, 1.165) is 80.1 Å². The van der Waals surface area contributed by atoms with Gasteiger partial charge in [0.05, 0.1) is 57.4 Å². The summed E-state index contributed by atoms with van der Waals surface area (Å²) in [6.45, 7) is 9.37. The Labute approximate surface area is 309 Å². The van der Waals surface area contributed by atoms with Crippen LogP contribution in [0.4, 0.5) is 10.2 Å². The van der Waals surface area contributed by atoms with Crippen molar-refractivity contribution in [1.82, 2.24) is 30.0 Å². The van der Waals surface area contributed by atoms with Gasteiger partial charge in [-0.25, -0.2) is 9.37 Å². The topological polar surface area (TPSA) is 131 Å². The number of aromatic nitrogens is 5. The van der Waals surface area contributed by atoms with Gasteiger partial charge in [0.25, 0.3) is 0 Å². The van der Waals surface area contributed by atoms with E-state index in [1.165, 1.54) is 26.4 Å². The first-order chi connectivity index (χ1) is 25.6. The molecule has 3 atom stereocenters. The maximum absolute atomic E-state index is 17.3. The Morgan fingerprint density at radius 3 is 2.62 bits per heavy atom. The summed E-state index contributed by atoms with van der Waals surface area (Å²) in [7, 11) is 1.52. The molecular formula is C40H52FN7O5. The van der Waals surface area contributed by atoms with Gasteiger partial charge in [0.15, 0.2) is 5.82 Å². The van der Waals surface area contributed by atoms with E-state index in [2.05, 4.69) is 15.1 Å². The van der Waals surface area contributed by atoms with Gasteiger partial charge < -0.3 is 29.0 Å². The van der Waals surface area contributed by atoms with Crippen LogP contribution in [-0.4, -0.2) is 112 Å². The summed E-state index contributed by atoms with van der Waals surface area (Å²) >= 11 is 0. The Hall–Kier alpha value is -3.65. The number of ether oxygens (including phenoxy) is 4. The number of H-pyrrole nitrogens is 1. The second-order valence-corrected chi connectivity index (χ2v) is 16.7. The van der Waals surface area contributed by atoms with Crippen LogP contribution in [0.15, 0.2) is 12.3 Å². The fourth-order valence-electron chi connectivity index (χ4n) is 10.4. The minimum absolute atomic E-state index is 0.0237. The van der Waals surface area contributed by atoms with Crippen molar-refractivity contribution >= 4 is 27.6 Å². The van der Waals surface area contributed by atoms with E-state index in [-0.39, 0.29) is 47.3 Å². The third-order valence-corrected chi connectivity index (χ3v) is 13.3. The molecule has 0 bridgehead atoms. The van der Waals surface area contributed by atoms with E-state index in [1.54, 1.807) is 13.1 Å². The van der Waals surface area contributed by atoms with Crippen LogP contribution in [0.25, 0.3) is 33.1 Å². The largest absolute Gasteiger partial charge is 0.480 e. The van der Waals surface area contributed by atoms with E-state index in [4.69, 9.17) is 33.9 Å². The Morgan fingerprint density at radius 2 is 1.85 bits per heavy atom. The van der Waals surface area contributed by atoms with Gasteiger partial charge >= 0.3 is 6.01 Å². The van der Waals surface area contributed by atoms with Crippen LogP contribution in [0.2, 0.25) is 0 Å². The molecule has 12 nitrogen and oxygen atoms in total. The number of hydrogen-bond donors (Lipinski definition) is 2. The molecule has 6 heterocycles. The van der Waals surface area contributed by atoms with Gasteiger partial charge in [-0.1, -0.05) is 6.42 Å². The fourth-order valence-corrected chi connectivity index (χ4v) is 10.4. The van der Waals surface area contributed by atoms with Gasteiger partial charge in [0, 0.05) is 35.0 Å². The van der Waals surface area contributed by atoms with Gasteiger partial charge in [-0.15, -0.1) is 0 Å². The second-order valence-electron chi connectivity index (χ2n) is 16.7. The van der Waals surface area contributed by atoms with Gasteiger partial charge in [-0.2, -0.15) is 15.1 Å². The number of β-amino-alcohol motifs (C(OH)–C–C–N with tert-alkyl or cyclic N) is 1. The van der Waals surface area contributed by atoms with Gasteiger partial charge in [-0.05, 0) is 102 Å². The number of aliphatic hydroxyl groups is 1. The SMILES string of the molecule is COc1nc(-c2c(C)c(C)cc3[nH]ncc23)c(F)c2nc(OCC34CCCC3N(C3CCC5(CCO5)CC3)CCC4)nc(N3CCOCC(C)(O)C3)c12. The third-order valence-electron chi connectivity index (χ3n) is 13.3. The minimum Gasteiger partial charge on any atom is -0.480 e. The third kappa shape index (κ3) is 6.02. The lowest BCUT2D eigenvalue weighted by atomic mass is 9.72. The summed E-state index contributed by atoms with van der Waals surface area (Å²) in [6.07, 6.45) is 13.2. The average molecular weight is 730 g/mol. The Kier molecular flexibility index (Phi) is 8.79. The summed E-state index contributed by atoms with van der Waals surface area (Å²) < 4.78 is 41.8. The summed E-state index contributed by atoms with van der Waals surface area (Å²) in [4.78, 5) is 19.4.